The van der Waals surface area contributed by atoms with Gasteiger partial charge in [-0.05, 0) is 18.2 Å². The highest BCUT2D eigenvalue weighted by Crippen LogP contribution is 2.35. The van der Waals surface area contributed by atoms with E-state index in [2.05, 4.69) is 27.2 Å². The molecular formula is C10H5BrF3N2. The van der Waals surface area contributed by atoms with Crippen LogP contribution < -0.4 is 0 Å². The third-order valence-corrected chi connectivity index (χ3v) is 2.68. The summed E-state index contributed by atoms with van der Waals surface area (Å²) in [5, 5.41) is 0. The van der Waals surface area contributed by atoms with Gasteiger partial charge in [0.15, 0.2) is 6.33 Å². The molecule has 0 aliphatic heterocycles. The Kier molecular flexibility index (Phi) is 2.75. The van der Waals surface area contributed by atoms with Gasteiger partial charge in [0, 0.05) is 22.6 Å². The minimum Gasteiger partial charge on any atom is -0.297 e. The van der Waals surface area contributed by atoms with E-state index in [1.54, 1.807) is 6.07 Å². The Bertz CT molecular complexity index is 491. The lowest BCUT2D eigenvalue weighted by molar-refractivity contribution is -0.138. The molecule has 1 aromatic carbocycles. The number of halogens is 4. The third kappa shape index (κ3) is 2.11. The highest BCUT2D eigenvalue weighted by molar-refractivity contribution is 9.10. The summed E-state index contributed by atoms with van der Waals surface area (Å²) in [6.45, 7) is 0. The fourth-order valence-electron chi connectivity index (χ4n) is 1.25. The van der Waals surface area contributed by atoms with Gasteiger partial charge in [0.05, 0.1) is 5.56 Å². The van der Waals surface area contributed by atoms with Crippen molar-refractivity contribution in [1.29, 1.82) is 0 Å². The molecule has 0 saturated heterocycles. The predicted molar refractivity (Wildman–Crippen MR) is 55.1 cm³/mol. The van der Waals surface area contributed by atoms with Gasteiger partial charge in [-0.25, -0.2) is 4.98 Å². The molecule has 0 aliphatic carbocycles. The molecule has 1 heterocycles. The van der Waals surface area contributed by atoms with Gasteiger partial charge in [-0.1, -0.05) is 15.9 Å². The molecule has 0 fully saturated rings. The van der Waals surface area contributed by atoms with Crippen LogP contribution in [-0.4, -0.2) is 9.55 Å². The van der Waals surface area contributed by atoms with Gasteiger partial charge in [-0.15, -0.1) is 0 Å². The monoisotopic (exact) mass is 289 g/mol. The van der Waals surface area contributed by atoms with Gasteiger partial charge in [-0.2, -0.15) is 13.2 Å². The topological polar surface area (TPSA) is 17.8 Å². The zero-order valence-electron chi connectivity index (χ0n) is 7.79. The molecule has 1 radical (unpaired) electrons. The molecule has 2 rings (SSSR count). The zero-order valence-corrected chi connectivity index (χ0v) is 9.38. The molecule has 2 aromatic rings. The van der Waals surface area contributed by atoms with Crippen LogP contribution >= 0.6 is 15.9 Å². The number of rotatable bonds is 1. The first-order valence-electron chi connectivity index (χ1n) is 4.26. The summed E-state index contributed by atoms with van der Waals surface area (Å²) in [7, 11) is 0. The summed E-state index contributed by atoms with van der Waals surface area (Å²) in [6.07, 6.45) is 1.14. The molecule has 0 N–H and O–H groups in total. The Morgan fingerprint density at radius 1 is 1.31 bits per heavy atom. The third-order valence-electron chi connectivity index (χ3n) is 1.99. The number of alkyl halides is 3. The van der Waals surface area contributed by atoms with Crippen molar-refractivity contribution in [2.24, 2.45) is 0 Å². The highest BCUT2D eigenvalue weighted by Gasteiger charge is 2.33. The quantitative estimate of drug-likeness (QED) is 0.786. The van der Waals surface area contributed by atoms with Crippen LogP contribution in [-0.2, 0) is 6.18 Å². The van der Waals surface area contributed by atoms with E-state index in [4.69, 9.17) is 0 Å². The first kappa shape index (κ1) is 11.2. The van der Waals surface area contributed by atoms with E-state index in [-0.39, 0.29) is 4.47 Å². The highest BCUT2D eigenvalue weighted by atomic mass is 79.9. The van der Waals surface area contributed by atoms with E-state index < -0.39 is 11.7 Å². The van der Waals surface area contributed by atoms with Crippen molar-refractivity contribution in [3.05, 3.63) is 47.0 Å². The standard InChI is InChI=1S/C10H5BrF3N2/c11-9-2-1-7(16-4-3-15-6-16)5-8(9)10(12,13)14/h1-5H. The first-order chi connectivity index (χ1) is 7.48. The molecule has 0 bridgehead atoms. The normalized spacial score (nSPS) is 11.8. The second-order valence-corrected chi connectivity index (χ2v) is 3.91. The average Bonchev–Trinajstić information content (AvgIpc) is 2.69. The van der Waals surface area contributed by atoms with Crippen LogP contribution in [0.15, 0.2) is 35.1 Å². The average molecular weight is 290 g/mol. The molecule has 0 amide bonds. The number of hydrogen-bond acceptors (Lipinski definition) is 1. The predicted octanol–water partition coefficient (Wildman–Crippen LogP) is 3.45. The van der Waals surface area contributed by atoms with Crippen molar-refractivity contribution in [2.45, 2.75) is 6.18 Å². The molecular weight excluding hydrogens is 285 g/mol. The Labute approximate surface area is 97.9 Å². The molecule has 6 heteroatoms. The molecule has 83 valence electrons. The van der Waals surface area contributed by atoms with Gasteiger partial charge in [-0.3, -0.25) is 4.57 Å². The summed E-state index contributed by atoms with van der Waals surface area (Å²) in [4.78, 5) is 3.66. The van der Waals surface area contributed by atoms with Crippen molar-refractivity contribution < 1.29 is 13.2 Å². The van der Waals surface area contributed by atoms with Crippen molar-refractivity contribution >= 4 is 15.9 Å². The molecule has 0 unspecified atom stereocenters. The zero-order chi connectivity index (χ0) is 11.8. The lowest BCUT2D eigenvalue weighted by atomic mass is 10.2. The molecule has 1 aromatic heterocycles. The van der Waals surface area contributed by atoms with Gasteiger partial charge < -0.3 is 0 Å². The van der Waals surface area contributed by atoms with Crippen molar-refractivity contribution in [3.8, 4) is 5.69 Å². The van der Waals surface area contributed by atoms with Crippen LogP contribution in [0.25, 0.3) is 5.69 Å². The van der Waals surface area contributed by atoms with Crippen LogP contribution in [0.5, 0.6) is 0 Å². The van der Waals surface area contributed by atoms with E-state index in [0.29, 0.717) is 5.69 Å². The van der Waals surface area contributed by atoms with Crippen LogP contribution in [0.2, 0.25) is 0 Å². The Hall–Kier alpha value is -1.30. The Morgan fingerprint density at radius 3 is 2.62 bits per heavy atom. The second-order valence-electron chi connectivity index (χ2n) is 3.06. The molecule has 0 atom stereocenters. The van der Waals surface area contributed by atoms with Crippen LogP contribution in [0, 0.1) is 6.33 Å². The van der Waals surface area contributed by atoms with Gasteiger partial charge in [0.25, 0.3) is 0 Å². The summed E-state index contributed by atoms with van der Waals surface area (Å²) < 4.78 is 39.2. The maximum absolute atomic E-state index is 12.6. The lowest BCUT2D eigenvalue weighted by Gasteiger charge is -2.11. The number of hydrogen-bond donors (Lipinski definition) is 0. The number of benzene rings is 1. The van der Waals surface area contributed by atoms with Gasteiger partial charge in [0.1, 0.15) is 0 Å². The Balaban J connectivity index is 2.52. The molecule has 2 nitrogen and oxygen atoms in total. The molecule has 0 aliphatic rings. The maximum atomic E-state index is 12.6. The summed E-state index contributed by atoms with van der Waals surface area (Å²) in [6, 6.07) is 3.95. The summed E-state index contributed by atoms with van der Waals surface area (Å²) in [5.74, 6) is 0. The van der Waals surface area contributed by atoms with E-state index in [0.717, 1.165) is 6.07 Å². The summed E-state index contributed by atoms with van der Waals surface area (Å²) in [5.41, 5.74) is -0.347. The molecule has 0 saturated carbocycles. The van der Waals surface area contributed by atoms with E-state index in [1.165, 1.54) is 23.0 Å². The SMILES string of the molecule is FC(F)(F)c1cc(-n2[c]ncc2)ccc1Br. The van der Waals surface area contributed by atoms with E-state index in [1.807, 2.05) is 0 Å². The largest absolute Gasteiger partial charge is 0.417 e. The van der Waals surface area contributed by atoms with Crippen molar-refractivity contribution in [1.82, 2.24) is 9.55 Å². The number of imidazole rings is 1. The summed E-state index contributed by atoms with van der Waals surface area (Å²) >= 11 is 2.87. The minimum atomic E-state index is -4.38. The van der Waals surface area contributed by atoms with Crippen molar-refractivity contribution in [3.63, 3.8) is 0 Å². The first-order valence-corrected chi connectivity index (χ1v) is 5.06. The maximum Gasteiger partial charge on any atom is 0.417 e. The van der Waals surface area contributed by atoms with E-state index >= 15 is 0 Å². The fourth-order valence-corrected chi connectivity index (χ4v) is 1.72. The second kappa shape index (κ2) is 3.93. The van der Waals surface area contributed by atoms with Gasteiger partial charge in [0.2, 0.25) is 0 Å². The molecule has 0 spiro atoms. The fraction of sp³-hybridized carbons (Fsp3) is 0.100. The van der Waals surface area contributed by atoms with Crippen LogP contribution in [0.4, 0.5) is 13.2 Å². The Morgan fingerprint density at radius 2 is 2.06 bits per heavy atom. The lowest BCUT2D eigenvalue weighted by Crippen LogP contribution is -2.07. The van der Waals surface area contributed by atoms with E-state index in [9.17, 15) is 13.2 Å². The van der Waals surface area contributed by atoms with Crippen LogP contribution in [0.1, 0.15) is 5.56 Å². The molecule has 16 heavy (non-hydrogen) atoms. The minimum absolute atomic E-state index is 0.0175. The smallest absolute Gasteiger partial charge is 0.297 e. The van der Waals surface area contributed by atoms with Gasteiger partial charge >= 0.3 is 6.18 Å². The van der Waals surface area contributed by atoms with Crippen molar-refractivity contribution in [2.75, 3.05) is 0 Å². The number of nitrogens with zero attached hydrogens (tertiary/aromatic N) is 2. The van der Waals surface area contributed by atoms with Crippen LogP contribution in [0.3, 0.4) is 0 Å². The number of aromatic nitrogens is 2.